The van der Waals surface area contributed by atoms with Crippen molar-refractivity contribution in [3.8, 4) is 0 Å². The molecule has 1 atom stereocenters. The number of piperazine rings is 1. The van der Waals surface area contributed by atoms with Crippen LogP contribution in [-0.4, -0.2) is 55.0 Å². The number of nitrogens with zero attached hydrogens (tertiary/aromatic N) is 2. The molecule has 2 aliphatic rings. The van der Waals surface area contributed by atoms with Gasteiger partial charge in [-0.1, -0.05) is 30.3 Å². The van der Waals surface area contributed by atoms with E-state index in [2.05, 4.69) is 45.4 Å². The lowest BCUT2D eigenvalue weighted by atomic mass is 10.0. The van der Waals surface area contributed by atoms with Crippen LogP contribution in [0.1, 0.15) is 18.4 Å². The summed E-state index contributed by atoms with van der Waals surface area (Å²) in [6.45, 7) is 6.82. The van der Waals surface area contributed by atoms with Crippen LogP contribution in [0.3, 0.4) is 0 Å². The quantitative estimate of drug-likeness (QED) is 0.894. The molecule has 0 aliphatic carbocycles. The molecule has 4 nitrogen and oxygen atoms in total. The molecule has 0 aromatic heterocycles. The molecule has 130 valence electrons. The van der Waals surface area contributed by atoms with Crippen molar-refractivity contribution in [3.05, 3.63) is 35.9 Å². The number of hydrogen-bond donors (Lipinski definition) is 1. The van der Waals surface area contributed by atoms with Crippen molar-refractivity contribution >= 4 is 30.7 Å². The summed E-state index contributed by atoms with van der Waals surface area (Å²) < 4.78 is 0. The van der Waals surface area contributed by atoms with Crippen molar-refractivity contribution in [2.75, 3.05) is 39.3 Å². The largest absolute Gasteiger partial charge is 0.340 e. The van der Waals surface area contributed by atoms with Crippen molar-refractivity contribution in [2.45, 2.75) is 19.4 Å². The van der Waals surface area contributed by atoms with Gasteiger partial charge in [0.25, 0.3) is 0 Å². The van der Waals surface area contributed by atoms with Crippen LogP contribution < -0.4 is 5.32 Å². The highest BCUT2D eigenvalue weighted by molar-refractivity contribution is 5.85. The number of benzene rings is 1. The third kappa shape index (κ3) is 5.96. The van der Waals surface area contributed by atoms with E-state index in [1.165, 1.54) is 5.56 Å². The first-order valence-electron chi connectivity index (χ1n) is 8.06. The molecule has 0 spiro atoms. The van der Waals surface area contributed by atoms with Crippen LogP contribution in [0.25, 0.3) is 0 Å². The van der Waals surface area contributed by atoms with E-state index in [9.17, 15) is 4.79 Å². The Hall–Kier alpha value is -0.810. The van der Waals surface area contributed by atoms with E-state index in [1.54, 1.807) is 0 Å². The second kappa shape index (κ2) is 10.1. The Morgan fingerprint density at radius 3 is 2.39 bits per heavy atom. The van der Waals surface area contributed by atoms with Crippen molar-refractivity contribution in [3.63, 3.8) is 0 Å². The van der Waals surface area contributed by atoms with Gasteiger partial charge in [0.1, 0.15) is 0 Å². The fourth-order valence-corrected chi connectivity index (χ4v) is 3.26. The fraction of sp³-hybridized carbons (Fsp3) is 0.588. The maximum atomic E-state index is 12.3. The summed E-state index contributed by atoms with van der Waals surface area (Å²) in [5.74, 6) is 0.905. The van der Waals surface area contributed by atoms with E-state index in [0.29, 0.717) is 11.8 Å². The number of amides is 1. The fourth-order valence-electron chi connectivity index (χ4n) is 3.26. The molecule has 0 bridgehead atoms. The Labute approximate surface area is 151 Å². The molecule has 1 aromatic carbocycles. The molecule has 1 unspecified atom stereocenters. The van der Waals surface area contributed by atoms with Gasteiger partial charge >= 0.3 is 0 Å². The molecule has 2 saturated heterocycles. The minimum Gasteiger partial charge on any atom is -0.340 e. The number of halogens is 2. The van der Waals surface area contributed by atoms with E-state index in [-0.39, 0.29) is 24.8 Å². The standard InChI is InChI=1S/C17H25N3O.2ClH/c21-17(12-16-6-7-18-13-16)20-10-8-19(9-11-20)14-15-4-2-1-3-5-15;;/h1-5,16,18H,6-14H2;2*1H. The SMILES string of the molecule is Cl.Cl.O=C(CC1CCNC1)N1CCN(Cc2ccccc2)CC1. The van der Waals surface area contributed by atoms with Gasteiger partial charge in [-0.15, -0.1) is 24.8 Å². The number of hydrogen-bond acceptors (Lipinski definition) is 3. The smallest absolute Gasteiger partial charge is 0.222 e. The van der Waals surface area contributed by atoms with E-state index in [1.807, 2.05) is 0 Å². The average molecular weight is 360 g/mol. The van der Waals surface area contributed by atoms with Crippen molar-refractivity contribution < 1.29 is 4.79 Å². The summed E-state index contributed by atoms with van der Waals surface area (Å²) in [6.07, 6.45) is 1.88. The summed E-state index contributed by atoms with van der Waals surface area (Å²) in [6, 6.07) is 10.6. The van der Waals surface area contributed by atoms with E-state index in [4.69, 9.17) is 0 Å². The van der Waals surface area contributed by atoms with Gasteiger partial charge in [-0.25, -0.2) is 0 Å². The summed E-state index contributed by atoms with van der Waals surface area (Å²) in [4.78, 5) is 16.8. The molecule has 0 radical (unpaired) electrons. The van der Waals surface area contributed by atoms with Gasteiger partial charge in [0.2, 0.25) is 5.91 Å². The van der Waals surface area contributed by atoms with E-state index < -0.39 is 0 Å². The third-order valence-corrected chi connectivity index (χ3v) is 4.60. The monoisotopic (exact) mass is 359 g/mol. The molecule has 1 N–H and O–H groups in total. The first kappa shape index (κ1) is 20.2. The van der Waals surface area contributed by atoms with Crippen molar-refractivity contribution in [1.82, 2.24) is 15.1 Å². The lowest BCUT2D eigenvalue weighted by molar-refractivity contribution is -0.133. The molecule has 1 aromatic rings. The van der Waals surface area contributed by atoms with Crippen molar-refractivity contribution in [1.29, 1.82) is 0 Å². The number of carbonyl (C=O) groups is 1. The van der Waals surface area contributed by atoms with Crippen LogP contribution in [0.15, 0.2) is 30.3 Å². The minimum atomic E-state index is 0. The van der Waals surface area contributed by atoms with Gasteiger partial charge in [0.05, 0.1) is 0 Å². The Bertz CT molecular complexity index is 458. The zero-order valence-electron chi connectivity index (χ0n) is 13.4. The van der Waals surface area contributed by atoms with Gasteiger partial charge in [-0.3, -0.25) is 9.69 Å². The topological polar surface area (TPSA) is 35.6 Å². The highest BCUT2D eigenvalue weighted by Gasteiger charge is 2.24. The second-order valence-electron chi connectivity index (χ2n) is 6.21. The highest BCUT2D eigenvalue weighted by Crippen LogP contribution is 2.15. The molecule has 23 heavy (non-hydrogen) atoms. The summed E-state index contributed by atoms with van der Waals surface area (Å²) in [5.41, 5.74) is 1.36. The average Bonchev–Trinajstić information content (AvgIpc) is 3.02. The molecular formula is C17H27Cl2N3O. The van der Waals surface area contributed by atoms with Gasteiger partial charge in [-0.2, -0.15) is 0 Å². The highest BCUT2D eigenvalue weighted by atomic mass is 35.5. The number of nitrogens with one attached hydrogen (secondary N) is 1. The van der Waals surface area contributed by atoms with Gasteiger partial charge < -0.3 is 10.2 Å². The van der Waals surface area contributed by atoms with E-state index >= 15 is 0 Å². The zero-order valence-corrected chi connectivity index (χ0v) is 15.1. The van der Waals surface area contributed by atoms with E-state index in [0.717, 1.165) is 58.7 Å². The number of rotatable bonds is 4. The molecule has 2 fully saturated rings. The lowest BCUT2D eigenvalue weighted by Crippen LogP contribution is -2.48. The molecule has 2 heterocycles. The predicted octanol–water partition coefficient (Wildman–Crippen LogP) is 2.17. The molecule has 2 aliphatic heterocycles. The first-order valence-corrected chi connectivity index (χ1v) is 8.06. The van der Waals surface area contributed by atoms with Crippen molar-refractivity contribution in [2.24, 2.45) is 5.92 Å². The number of carbonyl (C=O) groups excluding carboxylic acids is 1. The van der Waals surface area contributed by atoms with Crippen LogP contribution in [-0.2, 0) is 11.3 Å². The van der Waals surface area contributed by atoms with Gasteiger partial charge in [-0.05, 0) is 31.0 Å². The van der Waals surface area contributed by atoms with Crippen LogP contribution >= 0.6 is 24.8 Å². The molecule has 1 amide bonds. The molecule has 6 heteroatoms. The first-order chi connectivity index (χ1) is 10.3. The minimum absolute atomic E-state index is 0. The Kier molecular flexibility index (Phi) is 8.92. The summed E-state index contributed by atoms with van der Waals surface area (Å²) in [7, 11) is 0. The molecule has 3 rings (SSSR count). The van der Waals surface area contributed by atoms with Crippen LogP contribution in [0.5, 0.6) is 0 Å². The zero-order chi connectivity index (χ0) is 14.5. The second-order valence-corrected chi connectivity index (χ2v) is 6.21. The van der Waals surface area contributed by atoms with Gasteiger partial charge in [0, 0.05) is 39.1 Å². The third-order valence-electron chi connectivity index (χ3n) is 4.60. The molecule has 0 saturated carbocycles. The van der Waals surface area contributed by atoms with Crippen LogP contribution in [0, 0.1) is 5.92 Å². The lowest BCUT2D eigenvalue weighted by Gasteiger charge is -2.35. The summed E-state index contributed by atoms with van der Waals surface area (Å²) >= 11 is 0. The predicted molar refractivity (Wildman–Crippen MR) is 98.4 cm³/mol. The normalized spacial score (nSPS) is 21.4. The maximum Gasteiger partial charge on any atom is 0.222 e. The van der Waals surface area contributed by atoms with Crippen LogP contribution in [0.4, 0.5) is 0 Å². The Morgan fingerprint density at radius 1 is 1.09 bits per heavy atom. The Balaban J connectivity index is 0.00000132. The Morgan fingerprint density at radius 2 is 1.78 bits per heavy atom. The van der Waals surface area contributed by atoms with Gasteiger partial charge in [0.15, 0.2) is 0 Å². The summed E-state index contributed by atoms with van der Waals surface area (Å²) in [5, 5.41) is 3.34. The molecular weight excluding hydrogens is 333 g/mol. The maximum absolute atomic E-state index is 12.3. The van der Waals surface area contributed by atoms with Crippen LogP contribution in [0.2, 0.25) is 0 Å².